The Labute approximate surface area is 309 Å². The van der Waals surface area contributed by atoms with Crippen molar-refractivity contribution in [1.82, 2.24) is 29.9 Å². The zero-order valence-corrected chi connectivity index (χ0v) is 29.8. The van der Waals surface area contributed by atoms with E-state index in [0.29, 0.717) is 37.5 Å². The number of aromatic hydroxyl groups is 1. The summed E-state index contributed by atoms with van der Waals surface area (Å²) in [5.41, 5.74) is 9.45. The Morgan fingerprint density at radius 2 is 1.40 bits per heavy atom. The molecule has 7 rings (SSSR count). The van der Waals surface area contributed by atoms with E-state index < -0.39 is 0 Å². The summed E-state index contributed by atoms with van der Waals surface area (Å²) in [5, 5.41) is 12.9. The van der Waals surface area contributed by atoms with Crippen LogP contribution in [0.25, 0.3) is 0 Å². The number of piperazine rings is 1. The van der Waals surface area contributed by atoms with E-state index in [4.69, 9.17) is 30.4 Å². The van der Waals surface area contributed by atoms with E-state index in [2.05, 4.69) is 56.3 Å². The number of nitrogens with two attached hydrogens (primary N) is 1. The molecule has 1 unspecified atom stereocenters. The highest BCUT2D eigenvalue weighted by Crippen LogP contribution is 2.27. The number of nitrogens with one attached hydrogen (secondary N) is 1. The minimum atomic E-state index is 0.0273. The number of para-hydroxylation sites is 1. The van der Waals surface area contributed by atoms with Crippen LogP contribution in [0.3, 0.4) is 0 Å². The Hall–Kier alpha value is -6.30. The van der Waals surface area contributed by atoms with Gasteiger partial charge in [-0.25, -0.2) is 4.98 Å². The number of aryl methyl sites for hydroxylation is 3. The third kappa shape index (κ3) is 9.53. The molecule has 4 N–H and O–H groups in total. The van der Waals surface area contributed by atoms with Gasteiger partial charge in [0, 0.05) is 38.2 Å². The van der Waals surface area contributed by atoms with E-state index in [0.717, 1.165) is 67.4 Å². The molecular weight excluding hydrogens is 665 g/mol. The number of benzene rings is 4. The maximum Gasteiger partial charge on any atom is 0.233 e. The lowest BCUT2D eigenvalue weighted by Crippen LogP contribution is -2.55. The van der Waals surface area contributed by atoms with Gasteiger partial charge in [-0.1, -0.05) is 67.6 Å². The first-order valence-corrected chi connectivity index (χ1v) is 18.2. The van der Waals surface area contributed by atoms with Gasteiger partial charge in [-0.05, 0) is 85.3 Å². The van der Waals surface area contributed by atoms with E-state index in [1.807, 2.05) is 72.8 Å². The number of nitrogens with zero attached hydrogens (tertiary/aromatic N) is 8. The Balaban J connectivity index is 1.09. The fourth-order valence-corrected chi connectivity index (χ4v) is 6.44. The average molecular weight is 709 g/mol. The first kappa shape index (κ1) is 35.1. The molecule has 270 valence electrons. The SMILES string of the molecule is CCCc1nc(CCCc2ccc(O)cc2)nc(N2CCN(c3nc(N)nc(Nc4ccc(Oc5ccccc5)cc4)n3)CC2Cc2ccccc2)n1. The van der Waals surface area contributed by atoms with Gasteiger partial charge in [0.2, 0.25) is 23.8 Å². The summed E-state index contributed by atoms with van der Waals surface area (Å²) in [5.74, 6) is 5.12. The highest BCUT2D eigenvalue weighted by atomic mass is 16.5. The van der Waals surface area contributed by atoms with Gasteiger partial charge in [0.05, 0.1) is 6.04 Å². The van der Waals surface area contributed by atoms with Crippen LogP contribution in [0.15, 0.2) is 109 Å². The molecule has 1 aliphatic heterocycles. The third-order valence-electron chi connectivity index (χ3n) is 9.06. The van der Waals surface area contributed by atoms with Crippen molar-refractivity contribution < 1.29 is 9.84 Å². The molecule has 12 heteroatoms. The topological polar surface area (TPSA) is 151 Å². The molecule has 1 saturated heterocycles. The lowest BCUT2D eigenvalue weighted by molar-refractivity contribution is 0.475. The number of hydrogen-bond donors (Lipinski definition) is 3. The highest BCUT2D eigenvalue weighted by molar-refractivity contribution is 5.57. The zero-order chi connectivity index (χ0) is 36.4. The molecule has 0 saturated carbocycles. The van der Waals surface area contributed by atoms with Crippen LogP contribution in [0.2, 0.25) is 0 Å². The number of phenolic OH excluding ortho intramolecular Hbond substituents is 1. The molecule has 1 fully saturated rings. The van der Waals surface area contributed by atoms with Crippen LogP contribution in [0, 0.1) is 0 Å². The van der Waals surface area contributed by atoms with E-state index in [1.165, 1.54) is 11.1 Å². The van der Waals surface area contributed by atoms with E-state index in [1.54, 1.807) is 12.1 Å². The molecule has 0 bridgehead atoms. The second-order valence-corrected chi connectivity index (χ2v) is 13.1. The number of hydrogen-bond acceptors (Lipinski definition) is 12. The molecule has 0 spiro atoms. The molecule has 6 aromatic rings. The quantitative estimate of drug-likeness (QED) is 0.107. The summed E-state index contributed by atoms with van der Waals surface area (Å²) < 4.78 is 5.94. The second-order valence-electron chi connectivity index (χ2n) is 13.1. The summed E-state index contributed by atoms with van der Waals surface area (Å²) in [6.07, 6.45) is 5.01. The third-order valence-corrected chi connectivity index (χ3v) is 9.06. The molecule has 0 aliphatic carbocycles. The van der Waals surface area contributed by atoms with Crippen LogP contribution in [-0.2, 0) is 25.7 Å². The molecule has 3 heterocycles. The molecule has 0 radical (unpaired) electrons. The van der Waals surface area contributed by atoms with Crippen molar-refractivity contribution in [3.05, 3.63) is 132 Å². The van der Waals surface area contributed by atoms with Gasteiger partial charge in [-0.2, -0.15) is 24.9 Å². The number of rotatable bonds is 14. The molecule has 0 amide bonds. The molecule has 4 aromatic carbocycles. The van der Waals surface area contributed by atoms with Crippen LogP contribution in [0.4, 0.5) is 29.5 Å². The Bertz CT molecular complexity index is 2070. The largest absolute Gasteiger partial charge is 0.508 e. The lowest BCUT2D eigenvalue weighted by atomic mass is 10.0. The van der Waals surface area contributed by atoms with Crippen molar-refractivity contribution in [2.75, 3.05) is 40.5 Å². The number of anilines is 5. The van der Waals surface area contributed by atoms with Crippen molar-refractivity contribution in [3.8, 4) is 17.2 Å². The summed E-state index contributed by atoms with van der Waals surface area (Å²) in [6.45, 7) is 4.08. The van der Waals surface area contributed by atoms with Crippen molar-refractivity contribution in [2.45, 2.75) is 51.5 Å². The standard InChI is InChI=1S/C41H44N10O2/c1-2-10-36-44-37(16-9-13-29-17-21-33(52)22-18-29)46-41(45-36)51-26-25-50(28-32(51)27-30-11-5-3-6-12-30)40-48-38(42)47-39(49-40)43-31-19-23-35(24-20-31)53-34-14-7-4-8-15-34/h3-8,11-12,14-15,17-24,32,52H,2,9-10,13,16,25-28H2,1H3,(H3,42,43,47,48,49). The minimum Gasteiger partial charge on any atom is -0.508 e. The maximum atomic E-state index is 9.66. The molecule has 53 heavy (non-hydrogen) atoms. The molecule has 1 aliphatic rings. The van der Waals surface area contributed by atoms with Gasteiger partial charge in [0.25, 0.3) is 0 Å². The van der Waals surface area contributed by atoms with Gasteiger partial charge >= 0.3 is 0 Å². The monoisotopic (exact) mass is 708 g/mol. The normalized spacial score (nSPS) is 14.2. The molecule has 1 atom stereocenters. The van der Waals surface area contributed by atoms with Gasteiger partial charge in [-0.15, -0.1) is 0 Å². The minimum absolute atomic E-state index is 0.0273. The molecular formula is C41H44N10O2. The zero-order valence-electron chi connectivity index (χ0n) is 29.8. The summed E-state index contributed by atoms with van der Waals surface area (Å²) in [6, 6.07) is 35.2. The van der Waals surface area contributed by atoms with E-state index in [-0.39, 0.29) is 17.7 Å². The van der Waals surface area contributed by atoms with Gasteiger partial charge < -0.3 is 30.7 Å². The van der Waals surface area contributed by atoms with Crippen LogP contribution >= 0.6 is 0 Å². The summed E-state index contributed by atoms with van der Waals surface area (Å²) in [4.78, 5) is 33.1. The first-order valence-electron chi connectivity index (χ1n) is 18.2. The lowest BCUT2D eigenvalue weighted by Gasteiger charge is -2.41. The highest BCUT2D eigenvalue weighted by Gasteiger charge is 2.31. The Kier molecular flexibility index (Phi) is 11.1. The molecule has 2 aromatic heterocycles. The fourth-order valence-electron chi connectivity index (χ4n) is 6.44. The Morgan fingerprint density at radius 1 is 0.698 bits per heavy atom. The smallest absolute Gasteiger partial charge is 0.233 e. The van der Waals surface area contributed by atoms with Crippen LogP contribution in [-0.4, -0.2) is 60.7 Å². The van der Waals surface area contributed by atoms with Gasteiger partial charge in [-0.3, -0.25) is 0 Å². The number of aromatic nitrogens is 6. The maximum absolute atomic E-state index is 9.66. The summed E-state index contributed by atoms with van der Waals surface area (Å²) in [7, 11) is 0. The summed E-state index contributed by atoms with van der Waals surface area (Å²) >= 11 is 0. The average Bonchev–Trinajstić information content (AvgIpc) is 3.17. The van der Waals surface area contributed by atoms with E-state index in [9.17, 15) is 5.11 Å². The fraction of sp³-hybridized carbons (Fsp3) is 0.268. The number of ether oxygens (including phenoxy) is 1. The predicted octanol–water partition coefficient (Wildman–Crippen LogP) is 6.95. The van der Waals surface area contributed by atoms with Crippen molar-refractivity contribution in [2.24, 2.45) is 0 Å². The Morgan fingerprint density at radius 3 is 2.13 bits per heavy atom. The predicted molar refractivity (Wildman–Crippen MR) is 208 cm³/mol. The van der Waals surface area contributed by atoms with Crippen LogP contribution < -0.4 is 25.6 Å². The van der Waals surface area contributed by atoms with Crippen LogP contribution in [0.1, 0.15) is 42.5 Å². The van der Waals surface area contributed by atoms with Crippen molar-refractivity contribution in [1.29, 1.82) is 0 Å². The van der Waals surface area contributed by atoms with Crippen molar-refractivity contribution >= 4 is 29.5 Å². The van der Waals surface area contributed by atoms with E-state index >= 15 is 0 Å². The number of phenols is 1. The van der Waals surface area contributed by atoms with Gasteiger partial charge in [0.15, 0.2) is 0 Å². The van der Waals surface area contributed by atoms with Crippen LogP contribution in [0.5, 0.6) is 17.2 Å². The van der Waals surface area contributed by atoms with Gasteiger partial charge in [0.1, 0.15) is 28.9 Å². The molecule has 12 nitrogen and oxygen atoms in total. The first-order chi connectivity index (χ1) is 26.0. The second kappa shape index (κ2) is 16.8. The van der Waals surface area contributed by atoms with Crippen molar-refractivity contribution in [3.63, 3.8) is 0 Å². The number of nitrogen functional groups attached to an aromatic ring is 1.